The predicted molar refractivity (Wildman–Crippen MR) is 122 cm³/mol. The Bertz CT molecular complexity index is 1040. The third-order valence-corrected chi connectivity index (χ3v) is 5.99. The molecule has 3 aromatic rings. The van der Waals surface area contributed by atoms with E-state index in [2.05, 4.69) is 4.98 Å². The van der Waals surface area contributed by atoms with Gasteiger partial charge >= 0.3 is 0 Å². The number of ether oxygens (including phenoxy) is 1. The molecule has 0 N–H and O–H groups in total. The van der Waals surface area contributed by atoms with Crippen molar-refractivity contribution in [1.29, 1.82) is 0 Å². The van der Waals surface area contributed by atoms with Crippen LogP contribution in [0.25, 0.3) is 11.3 Å². The number of nitrogens with zero attached hydrogens (tertiary/aromatic N) is 3. The Balaban J connectivity index is 1.40. The third-order valence-electron chi connectivity index (χ3n) is 5.75. The Kier molecular flexibility index (Phi) is 6.82. The summed E-state index contributed by atoms with van der Waals surface area (Å²) in [5, 5.41) is 0.677. The van der Waals surface area contributed by atoms with Gasteiger partial charge < -0.3 is 9.64 Å². The van der Waals surface area contributed by atoms with Crippen LogP contribution in [0.4, 0.5) is 0 Å². The molecule has 0 bridgehead atoms. The van der Waals surface area contributed by atoms with E-state index >= 15 is 0 Å². The maximum atomic E-state index is 12.8. The molecule has 31 heavy (non-hydrogen) atoms. The molecular formula is C25H26ClN3O2. The van der Waals surface area contributed by atoms with Crippen molar-refractivity contribution in [2.45, 2.75) is 31.6 Å². The van der Waals surface area contributed by atoms with Crippen LogP contribution in [-0.4, -0.2) is 41.0 Å². The Morgan fingerprint density at radius 1 is 1.19 bits per heavy atom. The van der Waals surface area contributed by atoms with Crippen molar-refractivity contribution in [3.8, 4) is 17.0 Å². The van der Waals surface area contributed by atoms with Crippen molar-refractivity contribution in [2.75, 3.05) is 20.2 Å². The lowest BCUT2D eigenvalue weighted by Gasteiger charge is -2.32. The fourth-order valence-corrected chi connectivity index (χ4v) is 4.20. The first-order valence-electron chi connectivity index (χ1n) is 10.6. The van der Waals surface area contributed by atoms with Gasteiger partial charge in [0.05, 0.1) is 24.7 Å². The third kappa shape index (κ3) is 5.42. The Morgan fingerprint density at radius 2 is 2.03 bits per heavy atom. The van der Waals surface area contributed by atoms with E-state index in [1.807, 2.05) is 59.6 Å². The smallest absolute Gasteiger partial charge is 0.222 e. The average Bonchev–Trinajstić information content (AvgIpc) is 2.83. The quantitative estimate of drug-likeness (QED) is 0.537. The molecule has 0 spiro atoms. The van der Waals surface area contributed by atoms with Crippen molar-refractivity contribution < 1.29 is 9.53 Å². The van der Waals surface area contributed by atoms with E-state index in [0.717, 1.165) is 54.1 Å². The molecule has 1 aliphatic rings. The normalized spacial score (nSPS) is 16.2. The van der Waals surface area contributed by atoms with Crippen molar-refractivity contribution >= 4 is 17.5 Å². The number of likely N-dealkylation sites (tertiary alicyclic amines) is 1. The minimum Gasteiger partial charge on any atom is -0.497 e. The molecule has 2 aromatic carbocycles. The number of piperidine rings is 1. The summed E-state index contributed by atoms with van der Waals surface area (Å²) < 4.78 is 5.19. The van der Waals surface area contributed by atoms with Crippen molar-refractivity contribution in [2.24, 2.45) is 0 Å². The number of aryl methyl sites for hydroxylation is 1. The van der Waals surface area contributed by atoms with Gasteiger partial charge in [-0.15, -0.1) is 0 Å². The molecule has 1 saturated heterocycles. The van der Waals surface area contributed by atoms with E-state index in [0.29, 0.717) is 18.0 Å². The van der Waals surface area contributed by atoms with E-state index < -0.39 is 0 Å². The first-order valence-corrected chi connectivity index (χ1v) is 11.0. The zero-order valence-corrected chi connectivity index (χ0v) is 18.4. The number of rotatable bonds is 6. The lowest BCUT2D eigenvalue weighted by Crippen LogP contribution is -2.39. The zero-order chi connectivity index (χ0) is 21.6. The van der Waals surface area contributed by atoms with Gasteiger partial charge in [-0.05, 0) is 49.1 Å². The van der Waals surface area contributed by atoms with Crippen LogP contribution in [0.5, 0.6) is 5.75 Å². The summed E-state index contributed by atoms with van der Waals surface area (Å²) in [4.78, 5) is 24.1. The summed E-state index contributed by atoms with van der Waals surface area (Å²) in [7, 11) is 1.65. The molecule has 0 radical (unpaired) electrons. The second-order valence-electron chi connectivity index (χ2n) is 7.87. The summed E-state index contributed by atoms with van der Waals surface area (Å²) in [6.45, 7) is 1.49. The summed E-state index contributed by atoms with van der Waals surface area (Å²) in [5.41, 5.74) is 3.83. The largest absolute Gasteiger partial charge is 0.497 e. The summed E-state index contributed by atoms with van der Waals surface area (Å²) in [6, 6.07) is 15.5. The van der Waals surface area contributed by atoms with Gasteiger partial charge in [-0.25, -0.2) is 4.98 Å². The first kappa shape index (κ1) is 21.3. The Labute approximate surface area is 188 Å². The van der Waals surface area contributed by atoms with E-state index in [9.17, 15) is 4.79 Å². The van der Waals surface area contributed by atoms with Gasteiger partial charge in [-0.3, -0.25) is 9.78 Å². The molecule has 0 aliphatic carbocycles. The van der Waals surface area contributed by atoms with Crippen molar-refractivity contribution in [3.63, 3.8) is 0 Å². The molecule has 2 heterocycles. The second-order valence-corrected chi connectivity index (χ2v) is 8.30. The van der Waals surface area contributed by atoms with Crippen LogP contribution in [0.2, 0.25) is 5.02 Å². The number of carbonyl (C=O) groups excluding carboxylic acids is 1. The van der Waals surface area contributed by atoms with E-state index in [1.54, 1.807) is 13.3 Å². The van der Waals surface area contributed by atoms with E-state index in [1.165, 1.54) is 0 Å². The number of hydrogen-bond acceptors (Lipinski definition) is 4. The van der Waals surface area contributed by atoms with Crippen LogP contribution >= 0.6 is 11.6 Å². The van der Waals surface area contributed by atoms with Gasteiger partial charge in [0.25, 0.3) is 0 Å². The van der Waals surface area contributed by atoms with Crippen LogP contribution in [0.3, 0.4) is 0 Å². The van der Waals surface area contributed by atoms with Crippen LogP contribution in [-0.2, 0) is 11.2 Å². The molecule has 0 unspecified atom stereocenters. The number of carbonyl (C=O) groups is 1. The van der Waals surface area contributed by atoms with Crippen molar-refractivity contribution in [3.05, 3.63) is 77.2 Å². The number of hydrogen-bond donors (Lipinski definition) is 0. The van der Waals surface area contributed by atoms with Gasteiger partial charge in [-0.2, -0.15) is 0 Å². The van der Waals surface area contributed by atoms with Crippen LogP contribution in [0.1, 0.15) is 36.4 Å². The van der Waals surface area contributed by atoms with Gasteiger partial charge in [-0.1, -0.05) is 35.9 Å². The minimum absolute atomic E-state index is 0.194. The fourth-order valence-electron chi connectivity index (χ4n) is 4.01. The van der Waals surface area contributed by atoms with Gasteiger partial charge in [0.15, 0.2) is 0 Å². The maximum Gasteiger partial charge on any atom is 0.222 e. The van der Waals surface area contributed by atoms with Crippen molar-refractivity contribution in [1.82, 2.24) is 14.9 Å². The number of halogens is 1. The SMILES string of the molecule is COc1ccc(CCC(=O)N2CCC[C@@H](c3cncc(-c4cccc(Cl)c4)n3)C2)cc1. The van der Waals surface area contributed by atoms with E-state index in [4.69, 9.17) is 21.3 Å². The molecule has 5 nitrogen and oxygen atoms in total. The highest BCUT2D eigenvalue weighted by molar-refractivity contribution is 6.30. The molecule has 160 valence electrons. The van der Waals surface area contributed by atoms with Gasteiger partial charge in [0.1, 0.15) is 5.75 Å². The standard InChI is InChI=1S/C25H26ClN3O2/c1-31-22-10-7-18(8-11-22)9-12-25(30)29-13-3-5-20(17-29)24-16-27-15-23(28-24)19-4-2-6-21(26)14-19/h2,4,6-8,10-11,14-16,20H,3,5,9,12-13,17H2,1H3/t20-/m1/s1. The molecule has 1 aliphatic heterocycles. The molecule has 6 heteroatoms. The molecular weight excluding hydrogens is 410 g/mol. The zero-order valence-electron chi connectivity index (χ0n) is 17.6. The summed E-state index contributed by atoms with van der Waals surface area (Å²) >= 11 is 6.13. The molecule has 0 saturated carbocycles. The van der Waals surface area contributed by atoms with Gasteiger partial charge in [0, 0.05) is 42.2 Å². The molecule has 4 rings (SSSR count). The van der Waals surface area contributed by atoms with Gasteiger partial charge in [0.2, 0.25) is 5.91 Å². The number of amides is 1. The number of methoxy groups -OCH3 is 1. The van der Waals surface area contributed by atoms with Crippen LogP contribution in [0.15, 0.2) is 60.9 Å². The summed E-state index contributed by atoms with van der Waals surface area (Å²) in [6.07, 6.45) is 6.80. The lowest BCUT2D eigenvalue weighted by molar-refractivity contribution is -0.132. The van der Waals surface area contributed by atoms with E-state index in [-0.39, 0.29) is 11.8 Å². The Morgan fingerprint density at radius 3 is 2.81 bits per heavy atom. The predicted octanol–water partition coefficient (Wildman–Crippen LogP) is 5.14. The van der Waals surface area contributed by atoms with Crippen LogP contribution < -0.4 is 4.74 Å². The highest BCUT2D eigenvalue weighted by Crippen LogP contribution is 2.28. The number of aromatic nitrogens is 2. The highest BCUT2D eigenvalue weighted by Gasteiger charge is 2.26. The topological polar surface area (TPSA) is 55.3 Å². The monoisotopic (exact) mass is 435 g/mol. The summed E-state index contributed by atoms with van der Waals surface area (Å²) in [5.74, 6) is 1.22. The second kappa shape index (κ2) is 9.92. The minimum atomic E-state index is 0.194. The molecule has 1 amide bonds. The fraction of sp³-hybridized carbons (Fsp3) is 0.320. The van der Waals surface area contributed by atoms with Crippen LogP contribution in [0, 0.1) is 0 Å². The molecule has 1 atom stereocenters. The lowest BCUT2D eigenvalue weighted by atomic mass is 9.94. The maximum absolute atomic E-state index is 12.8. The Hall–Kier alpha value is -2.92. The first-order chi connectivity index (χ1) is 15.1. The average molecular weight is 436 g/mol. The number of benzene rings is 2. The molecule has 1 aromatic heterocycles. The highest BCUT2D eigenvalue weighted by atomic mass is 35.5. The molecule has 1 fully saturated rings.